The summed E-state index contributed by atoms with van der Waals surface area (Å²) < 4.78 is 5.17. The molecule has 1 aliphatic heterocycles. The van der Waals surface area contributed by atoms with E-state index in [1.54, 1.807) is 31.5 Å². The monoisotopic (exact) mass is 313 g/mol. The number of nitrogens with zero attached hydrogens (tertiary/aromatic N) is 2. The topological polar surface area (TPSA) is 65.6 Å². The zero-order valence-electron chi connectivity index (χ0n) is 13.0. The maximum Gasteiger partial charge on any atom is 0.254 e. The van der Waals surface area contributed by atoms with Crippen molar-refractivity contribution in [1.29, 1.82) is 0 Å². The molecule has 0 saturated carbocycles. The van der Waals surface area contributed by atoms with Gasteiger partial charge in [-0.3, -0.25) is 9.59 Å². The molecule has 0 unspecified atom stereocenters. The SMILES string of the molecule is COc1cccc(C(=O)N2CCN(c3ccc(=O)[nH]c3)CC2)c1. The first-order valence-corrected chi connectivity index (χ1v) is 7.54. The Labute approximate surface area is 134 Å². The smallest absolute Gasteiger partial charge is 0.254 e. The molecule has 0 radical (unpaired) electrons. The van der Waals surface area contributed by atoms with Crippen molar-refractivity contribution in [3.8, 4) is 5.75 Å². The van der Waals surface area contributed by atoms with Crippen LogP contribution in [0.2, 0.25) is 0 Å². The predicted octanol–water partition coefficient (Wildman–Crippen LogP) is 1.35. The fraction of sp³-hybridized carbons (Fsp3) is 0.294. The van der Waals surface area contributed by atoms with E-state index < -0.39 is 0 Å². The van der Waals surface area contributed by atoms with Gasteiger partial charge in [0.15, 0.2) is 0 Å². The molecule has 1 saturated heterocycles. The highest BCUT2D eigenvalue weighted by molar-refractivity contribution is 5.94. The van der Waals surface area contributed by atoms with Gasteiger partial charge in [0.25, 0.3) is 5.91 Å². The van der Waals surface area contributed by atoms with E-state index in [0.717, 1.165) is 18.8 Å². The molecule has 1 aliphatic rings. The van der Waals surface area contributed by atoms with Crippen molar-refractivity contribution in [3.63, 3.8) is 0 Å². The number of amides is 1. The van der Waals surface area contributed by atoms with E-state index in [1.165, 1.54) is 6.07 Å². The van der Waals surface area contributed by atoms with Crippen molar-refractivity contribution in [2.75, 3.05) is 38.2 Å². The molecule has 6 heteroatoms. The van der Waals surface area contributed by atoms with Crippen LogP contribution in [-0.2, 0) is 0 Å². The third-order valence-corrected chi connectivity index (χ3v) is 4.02. The molecule has 0 spiro atoms. The standard InChI is InChI=1S/C17H19N3O3/c1-23-15-4-2-3-13(11-15)17(22)20-9-7-19(8-10-20)14-5-6-16(21)18-12-14/h2-6,11-12H,7-10H2,1H3,(H,18,21). The summed E-state index contributed by atoms with van der Waals surface area (Å²) in [6.45, 7) is 2.77. The van der Waals surface area contributed by atoms with Gasteiger partial charge in [-0.15, -0.1) is 0 Å². The third kappa shape index (κ3) is 3.36. The molecule has 23 heavy (non-hydrogen) atoms. The highest BCUT2D eigenvalue weighted by atomic mass is 16.5. The van der Waals surface area contributed by atoms with Crippen LogP contribution in [0, 0.1) is 0 Å². The summed E-state index contributed by atoms with van der Waals surface area (Å²) in [5.74, 6) is 0.702. The molecule has 6 nitrogen and oxygen atoms in total. The molecule has 1 aromatic carbocycles. The molecule has 2 heterocycles. The van der Waals surface area contributed by atoms with E-state index in [-0.39, 0.29) is 11.5 Å². The first kappa shape index (κ1) is 15.1. The maximum absolute atomic E-state index is 12.6. The first-order chi connectivity index (χ1) is 11.2. The third-order valence-electron chi connectivity index (χ3n) is 4.02. The molecule has 0 atom stereocenters. The number of ether oxygens (including phenoxy) is 1. The Balaban J connectivity index is 1.65. The fourth-order valence-electron chi connectivity index (χ4n) is 2.71. The van der Waals surface area contributed by atoms with Gasteiger partial charge in [-0.25, -0.2) is 0 Å². The van der Waals surface area contributed by atoms with Crippen LogP contribution < -0.4 is 15.2 Å². The number of hydrogen-bond donors (Lipinski definition) is 1. The number of benzene rings is 1. The van der Waals surface area contributed by atoms with Crippen LogP contribution >= 0.6 is 0 Å². The van der Waals surface area contributed by atoms with E-state index in [0.29, 0.717) is 24.4 Å². The Bertz CT molecular complexity index is 728. The summed E-state index contributed by atoms with van der Waals surface area (Å²) in [4.78, 5) is 30.4. The van der Waals surface area contributed by atoms with E-state index >= 15 is 0 Å². The molecular formula is C17H19N3O3. The summed E-state index contributed by atoms with van der Waals surface area (Å²) >= 11 is 0. The minimum atomic E-state index is -0.111. The van der Waals surface area contributed by atoms with Crippen LogP contribution in [0.25, 0.3) is 0 Å². The average molecular weight is 313 g/mol. The first-order valence-electron chi connectivity index (χ1n) is 7.54. The largest absolute Gasteiger partial charge is 0.497 e. The Kier molecular flexibility index (Phi) is 4.32. The van der Waals surface area contributed by atoms with Gasteiger partial charge in [-0.1, -0.05) is 6.07 Å². The van der Waals surface area contributed by atoms with Gasteiger partial charge in [0.05, 0.1) is 12.8 Å². The van der Waals surface area contributed by atoms with Crippen molar-refractivity contribution in [3.05, 3.63) is 58.5 Å². The summed E-state index contributed by atoms with van der Waals surface area (Å²) in [6, 6.07) is 10.5. The van der Waals surface area contributed by atoms with Crippen molar-refractivity contribution >= 4 is 11.6 Å². The number of methoxy groups -OCH3 is 1. The predicted molar refractivity (Wildman–Crippen MR) is 88.2 cm³/mol. The molecule has 1 fully saturated rings. The summed E-state index contributed by atoms with van der Waals surface area (Å²) in [5.41, 5.74) is 1.50. The minimum Gasteiger partial charge on any atom is -0.497 e. The zero-order valence-corrected chi connectivity index (χ0v) is 13.0. The van der Waals surface area contributed by atoms with Gasteiger partial charge in [0, 0.05) is 44.0 Å². The number of carbonyl (C=O) groups is 1. The van der Waals surface area contributed by atoms with Crippen LogP contribution in [0.1, 0.15) is 10.4 Å². The second-order valence-electron chi connectivity index (χ2n) is 5.42. The number of carbonyl (C=O) groups excluding carboxylic acids is 1. The highest BCUT2D eigenvalue weighted by Crippen LogP contribution is 2.17. The van der Waals surface area contributed by atoms with Crippen LogP contribution in [-0.4, -0.2) is 49.1 Å². The summed E-state index contributed by atoms with van der Waals surface area (Å²) in [5, 5.41) is 0. The van der Waals surface area contributed by atoms with E-state index in [9.17, 15) is 9.59 Å². The van der Waals surface area contributed by atoms with Gasteiger partial charge in [0.1, 0.15) is 5.75 Å². The molecule has 0 aliphatic carbocycles. The van der Waals surface area contributed by atoms with Crippen LogP contribution in [0.15, 0.2) is 47.4 Å². The van der Waals surface area contributed by atoms with E-state index in [4.69, 9.17) is 4.74 Å². The molecule has 1 N–H and O–H groups in total. The molecule has 3 rings (SSSR count). The van der Waals surface area contributed by atoms with Crippen molar-refractivity contribution < 1.29 is 9.53 Å². The lowest BCUT2D eigenvalue weighted by Gasteiger charge is -2.36. The van der Waals surface area contributed by atoms with Crippen LogP contribution in [0.4, 0.5) is 5.69 Å². The molecule has 120 valence electrons. The lowest BCUT2D eigenvalue weighted by Crippen LogP contribution is -2.48. The Morgan fingerprint density at radius 3 is 2.57 bits per heavy atom. The van der Waals surface area contributed by atoms with Gasteiger partial charge < -0.3 is 19.5 Å². The Morgan fingerprint density at radius 2 is 1.91 bits per heavy atom. The van der Waals surface area contributed by atoms with E-state index in [2.05, 4.69) is 9.88 Å². The second kappa shape index (κ2) is 6.56. The van der Waals surface area contributed by atoms with Gasteiger partial charge in [-0.2, -0.15) is 0 Å². The number of aromatic nitrogens is 1. The molecular weight excluding hydrogens is 294 g/mol. The average Bonchev–Trinajstić information content (AvgIpc) is 2.62. The molecule has 2 aromatic rings. The highest BCUT2D eigenvalue weighted by Gasteiger charge is 2.22. The molecule has 1 amide bonds. The normalized spacial score (nSPS) is 14.7. The maximum atomic E-state index is 12.6. The fourth-order valence-corrected chi connectivity index (χ4v) is 2.71. The van der Waals surface area contributed by atoms with E-state index in [1.807, 2.05) is 17.0 Å². The lowest BCUT2D eigenvalue weighted by molar-refractivity contribution is 0.0746. The van der Waals surface area contributed by atoms with Crippen LogP contribution in [0.3, 0.4) is 0 Å². The van der Waals surface area contributed by atoms with Gasteiger partial charge in [-0.05, 0) is 24.3 Å². The summed E-state index contributed by atoms with van der Waals surface area (Å²) in [7, 11) is 1.59. The Hall–Kier alpha value is -2.76. The molecule has 1 aromatic heterocycles. The number of anilines is 1. The number of piperazine rings is 1. The molecule has 0 bridgehead atoms. The second-order valence-corrected chi connectivity index (χ2v) is 5.42. The van der Waals surface area contributed by atoms with Gasteiger partial charge in [0.2, 0.25) is 5.56 Å². The van der Waals surface area contributed by atoms with Crippen molar-refractivity contribution in [1.82, 2.24) is 9.88 Å². The van der Waals surface area contributed by atoms with Gasteiger partial charge >= 0.3 is 0 Å². The number of H-pyrrole nitrogens is 1. The number of hydrogen-bond acceptors (Lipinski definition) is 4. The number of pyridine rings is 1. The lowest BCUT2D eigenvalue weighted by atomic mass is 10.1. The summed E-state index contributed by atoms with van der Waals surface area (Å²) in [6.07, 6.45) is 1.71. The number of nitrogens with one attached hydrogen (secondary N) is 1. The number of aromatic amines is 1. The quantitative estimate of drug-likeness (QED) is 0.929. The Morgan fingerprint density at radius 1 is 1.13 bits per heavy atom. The van der Waals surface area contributed by atoms with Crippen LogP contribution in [0.5, 0.6) is 5.75 Å². The zero-order chi connectivity index (χ0) is 16.2. The van der Waals surface area contributed by atoms with Crippen molar-refractivity contribution in [2.24, 2.45) is 0 Å². The number of rotatable bonds is 3. The minimum absolute atomic E-state index is 0.0185. The van der Waals surface area contributed by atoms with Crippen molar-refractivity contribution in [2.45, 2.75) is 0 Å².